The van der Waals surface area contributed by atoms with E-state index in [9.17, 15) is 10.2 Å². The van der Waals surface area contributed by atoms with E-state index in [1.165, 1.54) is 70.3 Å². The van der Waals surface area contributed by atoms with Crippen LogP contribution in [0.25, 0.3) is 0 Å². The van der Waals surface area contributed by atoms with Crippen molar-refractivity contribution in [3.8, 4) is 11.5 Å². The van der Waals surface area contributed by atoms with Crippen molar-refractivity contribution in [3.05, 3.63) is 23.8 Å². The number of hydrogen-bond acceptors (Lipinski definition) is 2. The predicted molar refractivity (Wildman–Crippen MR) is 83.3 cm³/mol. The minimum atomic E-state index is 0.192. The molecule has 0 atom stereocenters. The lowest BCUT2D eigenvalue weighted by Crippen LogP contribution is -2.21. The maximum atomic E-state index is 9.75. The van der Waals surface area contributed by atoms with Gasteiger partial charge in [0.05, 0.1) is 0 Å². The molecule has 1 aliphatic carbocycles. The van der Waals surface area contributed by atoms with E-state index < -0.39 is 0 Å². The van der Waals surface area contributed by atoms with Gasteiger partial charge in [0.1, 0.15) is 11.5 Å². The first-order chi connectivity index (χ1) is 9.66. The van der Waals surface area contributed by atoms with Crippen molar-refractivity contribution in [2.75, 3.05) is 0 Å². The van der Waals surface area contributed by atoms with Gasteiger partial charge in [-0.25, -0.2) is 0 Å². The Kier molecular flexibility index (Phi) is 5.33. The molecule has 0 saturated heterocycles. The molecule has 0 aromatic heterocycles. The molecule has 1 aromatic carbocycles. The fraction of sp³-hybridized carbons (Fsp3) is 0.667. The van der Waals surface area contributed by atoms with Crippen LogP contribution in [0.4, 0.5) is 0 Å². The highest BCUT2D eigenvalue weighted by Gasteiger charge is 2.35. The van der Waals surface area contributed by atoms with Gasteiger partial charge >= 0.3 is 0 Å². The van der Waals surface area contributed by atoms with Gasteiger partial charge in [0.25, 0.3) is 0 Å². The van der Waals surface area contributed by atoms with Gasteiger partial charge in [0.2, 0.25) is 0 Å². The molecule has 1 saturated carbocycles. The van der Waals surface area contributed by atoms with Gasteiger partial charge in [-0.2, -0.15) is 0 Å². The highest BCUT2D eigenvalue weighted by Crippen LogP contribution is 2.46. The first-order valence-electron chi connectivity index (χ1n) is 8.20. The van der Waals surface area contributed by atoms with Crippen molar-refractivity contribution in [2.45, 2.75) is 76.5 Å². The van der Waals surface area contributed by atoms with Gasteiger partial charge in [0.15, 0.2) is 0 Å². The first kappa shape index (κ1) is 15.2. The van der Waals surface area contributed by atoms with Gasteiger partial charge in [0, 0.05) is 6.07 Å². The summed E-state index contributed by atoms with van der Waals surface area (Å²) in [5.41, 5.74) is 1.34. The first-order valence-corrected chi connectivity index (χ1v) is 8.20. The number of phenols is 2. The van der Waals surface area contributed by atoms with Crippen LogP contribution in [-0.2, 0) is 5.41 Å². The van der Waals surface area contributed by atoms with Gasteiger partial charge in [-0.05, 0) is 42.4 Å². The summed E-state index contributed by atoms with van der Waals surface area (Å²) in [4.78, 5) is 0. The highest BCUT2D eigenvalue weighted by atomic mass is 16.3. The van der Waals surface area contributed by atoms with Crippen molar-refractivity contribution >= 4 is 0 Å². The van der Waals surface area contributed by atoms with E-state index in [2.05, 4.69) is 6.92 Å². The second-order valence-electron chi connectivity index (χ2n) is 6.39. The molecular weight excluding hydrogens is 248 g/mol. The summed E-state index contributed by atoms with van der Waals surface area (Å²) in [6, 6.07) is 5.14. The molecule has 112 valence electrons. The molecular formula is C18H28O2. The topological polar surface area (TPSA) is 40.5 Å². The Balaban J connectivity index is 2.05. The second-order valence-corrected chi connectivity index (χ2v) is 6.39. The third kappa shape index (κ3) is 3.68. The fourth-order valence-electron chi connectivity index (χ4n) is 3.70. The van der Waals surface area contributed by atoms with Crippen LogP contribution >= 0.6 is 0 Å². The highest BCUT2D eigenvalue weighted by molar-refractivity contribution is 5.41. The predicted octanol–water partition coefficient (Wildman–Crippen LogP) is 5.27. The quantitative estimate of drug-likeness (QED) is 0.666. The van der Waals surface area contributed by atoms with Crippen LogP contribution in [0.1, 0.15) is 76.7 Å². The molecule has 2 nitrogen and oxygen atoms in total. The van der Waals surface area contributed by atoms with Crippen molar-refractivity contribution < 1.29 is 10.2 Å². The van der Waals surface area contributed by atoms with E-state index in [4.69, 9.17) is 0 Å². The molecule has 0 bridgehead atoms. The van der Waals surface area contributed by atoms with E-state index in [1.807, 2.05) is 12.1 Å². The average Bonchev–Trinajstić information content (AvgIpc) is 2.87. The van der Waals surface area contributed by atoms with Crippen LogP contribution < -0.4 is 0 Å². The number of aromatic hydroxyl groups is 2. The van der Waals surface area contributed by atoms with E-state index in [-0.39, 0.29) is 16.9 Å². The zero-order chi connectivity index (χ0) is 14.4. The zero-order valence-corrected chi connectivity index (χ0v) is 12.7. The Bertz CT molecular complexity index is 399. The molecule has 1 fully saturated rings. The smallest absolute Gasteiger partial charge is 0.119 e. The van der Waals surface area contributed by atoms with Crippen LogP contribution in [0.3, 0.4) is 0 Å². The monoisotopic (exact) mass is 276 g/mol. The molecule has 1 aromatic rings. The third-order valence-corrected chi connectivity index (χ3v) is 4.83. The van der Waals surface area contributed by atoms with Crippen LogP contribution in [0.2, 0.25) is 0 Å². The Morgan fingerprint density at radius 1 is 0.900 bits per heavy atom. The molecule has 0 unspecified atom stereocenters. The molecule has 2 rings (SSSR count). The molecule has 0 aliphatic heterocycles. The summed E-state index contributed by atoms with van der Waals surface area (Å²) in [7, 11) is 0. The molecule has 2 heteroatoms. The Morgan fingerprint density at radius 2 is 1.50 bits per heavy atom. The number of unbranched alkanes of at least 4 members (excludes halogenated alkanes) is 4. The van der Waals surface area contributed by atoms with Crippen molar-refractivity contribution in [1.82, 2.24) is 0 Å². The standard InChI is InChI=1S/C18H28O2/c1-2-3-4-5-6-9-18(10-7-8-11-18)15-12-16(19)14-17(20)13-15/h12-14,19-20H,2-11H2,1H3. The lowest BCUT2D eigenvalue weighted by molar-refractivity contribution is 0.376. The summed E-state index contributed by atoms with van der Waals surface area (Å²) in [5, 5.41) is 19.5. The zero-order valence-electron chi connectivity index (χ0n) is 12.7. The second kappa shape index (κ2) is 7.01. The molecule has 20 heavy (non-hydrogen) atoms. The molecule has 0 spiro atoms. The number of phenolic OH excluding ortho intramolecular Hbond substituents is 2. The van der Waals surface area contributed by atoms with E-state index >= 15 is 0 Å². The number of benzene rings is 1. The molecule has 0 heterocycles. The van der Waals surface area contributed by atoms with Gasteiger partial charge in [-0.3, -0.25) is 0 Å². The minimum Gasteiger partial charge on any atom is -0.508 e. The van der Waals surface area contributed by atoms with E-state index in [0.717, 1.165) is 5.56 Å². The van der Waals surface area contributed by atoms with Crippen LogP contribution in [-0.4, -0.2) is 10.2 Å². The van der Waals surface area contributed by atoms with Gasteiger partial charge in [-0.1, -0.05) is 51.9 Å². The van der Waals surface area contributed by atoms with Crippen molar-refractivity contribution in [1.29, 1.82) is 0 Å². The SMILES string of the molecule is CCCCCCCC1(c2cc(O)cc(O)c2)CCCC1. The number of hydrogen-bond donors (Lipinski definition) is 2. The lowest BCUT2D eigenvalue weighted by atomic mass is 9.74. The maximum Gasteiger partial charge on any atom is 0.119 e. The molecule has 0 radical (unpaired) electrons. The van der Waals surface area contributed by atoms with Crippen LogP contribution in [0, 0.1) is 0 Å². The van der Waals surface area contributed by atoms with E-state index in [1.54, 1.807) is 0 Å². The Labute approximate surface area is 122 Å². The summed E-state index contributed by atoms with van der Waals surface area (Å²) < 4.78 is 0. The summed E-state index contributed by atoms with van der Waals surface area (Å²) in [6.45, 7) is 2.24. The van der Waals surface area contributed by atoms with Crippen molar-refractivity contribution in [3.63, 3.8) is 0 Å². The van der Waals surface area contributed by atoms with Crippen molar-refractivity contribution in [2.24, 2.45) is 0 Å². The average molecular weight is 276 g/mol. The maximum absolute atomic E-state index is 9.75. The van der Waals surface area contributed by atoms with Crippen LogP contribution in [0.5, 0.6) is 11.5 Å². The number of rotatable bonds is 7. The molecule has 0 amide bonds. The van der Waals surface area contributed by atoms with Gasteiger partial charge < -0.3 is 10.2 Å². The van der Waals surface area contributed by atoms with Crippen LogP contribution in [0.15, 0.2) is 18.2 Å². The fourth-order valence-corrected chi connectivity index (χ4v) is 3.70. The molecule has 2 N–H and O–H groups in total. The largest absolute Gasteiger partial charge is 0.508 e. The molecule has 1 aliphatic rings. The minimum absolute atomic E-state index is 0.192. The summed E-state index contributed by atoms with van der Waals surface area (Å²) in [6.07, 6.45) is 12.6. The summed E-state index contributed by atoms with van der Waals surface area (Å²) >= 11 is 0. The Hall–Kier alpha value is -1.18. The summed E-state index contributed by atoms with van der Waals surface area (Å²) in [5.74, 6) is 0.384. The van der Waals surface area contributed by atoms with E-state index in [0.29, 0.717) is 0 Å². The Morgan fingerprint density at radius 3 is 2.10 bits per heavy atom. The lowest BCUT2D eigenvalue weighted by Gasteiger charge is -2.30. The third-order valence-electron chi connectivity index (χ3n) is 4.83. The van der Waals surface area contributed by atoms with Gasteiger partial charge in [-0.15, -0.1) is 0 Å². The normalized spacial score (nSPS) is 17.4.